The minimum atomic E-state index is -1.11. The topological polar surface area (TPSA) is 97.8 Å². The Kier molecular flexibility index (Phi) is 6.59. The van der Waals surface area contributed by atoms with Crippen LogP contribution in [0.3, 0.4) is 0 Å². The fraction of sp³-hybridized carbons (Fsp3) is 0.136. The van der Waals surface area contributed by atoms with E-state index in [-0.39, 0.29) is 29.4 Å². The first-order chi connectivity index (χ1) is 14.5. The first-order valence-electron chi connectivity index (χ1n) is 9.11. The molecule has 0 aliphatic carbocycles. The third kappa shape index (κ3) is 5.32. The van der Waals surface area contributed by atoms with Crippen LogP contribution in [-0.4, -0.2) is 28.6 Å². The third-order valence-electron chi connectivity index (χ3n) is 4.04. The number of carbonyl (C=O) groups is 2. The lowest BCUT2D eigenvalue weighted by molar-refractivity contribution is 0.0696. The zero-order valence-corrected chi connectivity index (χ0v) is 16.1. The molecule has 0 bridgehead atoms. The van der Waals surface area contributed by atoms with Gasteiger partial charge in [0.15, 0.2) is 0 Å². The van der Waals surface area contributed by atoms with Gasteiger partial charge in [0.2, 0.25) is 0 Å². The molecule has 0 saturated carbocycles. The van der Waals surface area contributed by atoms with Crippen molar-refractivity contribution in [2.75, 3.05) is 11.9 Å². The highest BCUT2D eigenvalue weighted by molar-refractivity contribution is 6.06. The molecule has 154 valence electrons. The summed E-state index contributed by atoms with van der Waals surface area (Å²) in [5.41, 5.74) is 0.881. The van der Waals surface area contributed by atoms with Crippen LogP contribution >= 0.6 is 0 Å². The Morgan fingerprint density at radius 1 is 1.10 bits per heavy atom. The highest BCUT2D eigenvalue weighted by atomic mass is 19.1. The number of anilines is 1. The minimum absolute atomic E-state index is 0.00995. The largest absolute Gasteiger partial charge is 0.493 e. The number of hydrogen-bond acceptors (Lipinski definition) is 5. The summed E-state index contributed by atoms with van der Waals surface area (Å²) in [5.74, 6) is -1.01. The number of carbonyl (C=O) groups excluding carboxylic acids is 1. The fourth-order valence-corrected chi connectivity index (χ4v) is 2.63. The second-order valence-corrected chi connectivity index (χ2v) is 6.20. The number of benzene rings is 2. The maximum absolute atomic E-state index is 13.3. The number of aromatic nitrogens is 1. The van der Waals surface area contributed by atoms with Crippen molar-refractivity contribution in [3.05, 3.63) is 83.3 Å². The molecule has 0 atom stereocenters. The number of carboxylic acids is 1. The van der Waals surface area contributed by atoms with Crippen LogP contribution in [0.5, 0.6) is 11.5 Å². The molecule has 1 heterocycles. The monoisotopic (exact) mass is 410 g/mol. The molecule has 2 aromatic carbocycles. The van der Waals surface area contributed by atoms with Gasteiger partial charge in [0.1, 0.15) is 29.7 Å². The second kappa shape index (κ2) is 9.51. The van der Waals surface area contributed by atoms with Crippen LogP contribution in [0.2, 0.25) is 0 Å². The van der Waals surface area contributed by atoms with E-state index in [0.29, 0.717) is 23.7 Å². The van der Waals surface area contributed by atoms with Crippen molar-refractivity contribution in [3.63, 3.8) is 0 Å². The molecule has 0 radical (unpaired) electrons. The van der Waals surface area contributed by atoms with E-state index in [4.69, 9.17) is 14.6 Å². The van der Waals surface area contributed by atoms with Gasteiger partial charge in [-0.15, -0.1) is 0 Å². The number of carboxylic acid groups (broad SMARTS) is 1. The van der Waals surface area contributed by atoms with Gasteiger partial charge < -0.3 is 19.9 Å². The average Bonchev–Trinajstić information content (AvgIpc) is 2.73. The van der Waals surface area contributed by atoms with E-state index in [9.17, 15) is 14.0 Å². The SMILES string of the molecule is CCOc1ccc(OCc2cccc(F)c2)cc1C(=O)Nc1ccc(C(=O)O)cn1. The zero-order chi connectivity index (χ0) is 21.5. The van der Waals surface area contributed by atoms with E-state index in [1.165, 1.54) is 30.3 Å². The summed E-state index contributed by atoms with van der Waals surface area (Å²) in [4.78, 5) is 27.6. The Balaban J connectivity index is 1.77. The molecule has 0 fully saturated rings. The van der Waals surface area contributed by atoms with Gasteiger partial charge in [-0.25, -0.2) is 14.2 Å². The van der Waals surface area contributed by atoms with Crippen LogP contribution in [0.25, 0.3) is 0 Å². The number of amides is 1. The van der Waals surface area contributed by atoms with Crippen molar-refractivity contribution in [2.24, 2.45) is 0 Å². The van der Waals surface area contributed by atoms with Crippen molar-refractivity contribution in [2.45, 2.75) is 13.5 Å². The number of hydrogen-bond donors (Lipinski definition) is 2. The molecule has 0 aliphatic heterocycles. The Hall–Kier alpha value is -3.94. The van der Waals surface area contributed by atoms with E-state index in [1.54, 1.807) is 31.2 Å². The normalized spacial score (nSPS) is 10.3. The van der Waals surface area contributed by atoms with Crippen molar-refractivity contribution in [1.29, 1.82) is 0 Å². The van der Waals surface area contributed by atoms with Crippen LogP contribution < -0.4 is 14.8 Å². The van der Waals surface area contributed by atoms with Gasteiger partial charge in [-0.05, 0) is 55.0 Å². The van der Waals surface area contributed by atoms with Crippen LogP contribution in [-0.2, 0) is 6.61 Å². The van der Waals surface area contributed by atoms with E-state index < -0.39 is 11.9 Å². The summed E-state index contributed by atoms with van der Waals surface area (Å²) in [5, 5.41) is 11.5. The lowest BCUT2D eigenvalue weighted by Crippen LogP contribution is -2.15. The summed E-state index contributed by atoms with van der Waals surface area (Å²) < 4.78 is 24.5. The van der Waals surface area contributed by atoms with Crippen LogP contribution in [0.15, 0.2) is 60.8 Å². The van der Waals surface area contributed by atoms with Gasteiger partial charge in [0.05, 0.1) is 17.7 Å². The predicted octanol–water partition coefficient (Wildman–Crippen LogP) is 4.15. The molecule has 3 rings (SSSR count). The molecule has 0 unspecified atom stereocenters. The van der Waals surface area contributed by atoms with E-state index in [2.05, 4.69) is 10.3 Å². The maximum atomic E-state index is 13.3. The third-order valence-corrected chi connectivity index (χ3v) is 4.04. The second-order valence-electron chi connectivity index (χ2n) is 6.20. The predicted molar refractivity (Wildman–Crippen MR) is 107 cm³/mol. The Labute approximate surface area is 172 Å². The van der Waals surface area contributed by atoms with Gasteiger partial charge >= 0.3 is 5.97 Å². The van der Waals surface area contributed by atoms with E-state index >= 15 is 0 Å². The number of pyridine rings is 1. The molecule has 30 heavy (non-hydrogen) atoms. The highest BCUT2D eigenvalue weighted by Gasteiger charge is 2.16. The molecule has 1 amide bonds. The summed E-state index contributed by atoms with van der Waals surface area (Å²) in [6.07, 6.45) is 1.15. The van der Waals surface area contributed by atoms with E-state index in [0.717, 1.165) is 6.20 Å². The van der Waals surface area contributed by atoms with Gasteiger partial charge in [-0.2, -0.15) is 0 Å². The first-order valence-corrected chi connectivity index (χ1v) is 9.11. The molecule has 0 saturated heterocycles. The number of nitrogens with zero attached hydrogens (tertiary/aromatic N) is 1. The number of nitrogens with one attached hydrogen (secondary N) is 1. The summed E-state index contributed by atoms with van der Waals surface area (Å²) in [6.45, 7) is 2.28. The summed E-state index contributed by atoms with van der Waals surface area (Å²) in [7, 11) is 0. The summed E-state index contributed by atoms with van der Waals surface area (Å²) >= 11 is 0. The molecule has 0 spiro atoms. The molecule has 7 nitrogen and oxygen atoms in total. The smallest absolute Gasteiger partial charge is 0.337 e. The molecular weight excluding hydrogens is 391 g/mol. The average molecular weight is 410 g/mol. The Bertz CT molecular complexity index is 1050. The lowest BCUT2D eigenvalue weighted by atomic mass is 10.1. The lowest BCUT2D eigenvalue weighted by Gasteiger charge is -2.13. The van der Waals surface area contributed by atoms with Crippen molar-refractivity contribution < 1.29 is 28.6 Å². The molecule has 1 aromatic heterocycles. The van der Waals surface area contributed by atoms with Crippen molar-refractivity contribution in [1.82, 2.24) is 4.98 Å². The molecule has 2 N–H and O–H groups in total. The number of rotatable bonds is 8. The molecule has 3 aromatic rings. The van der Waals surface area contributed by atoms with Gasteiger partial charge in [-0.1, -0.05) is 12.1 Å². The van der Waals surface area contributed by atoms with E-state index in [1.807, 2.05) is 0 Å². The number of halogens is 1. The quantitative estimate of drug-likeness (QED) is 0.579. The van der Waals surface area contributed by atoms with Crippen LogP contribution in [0.1, 0.15) is 33.2 Å². The van der Waals surface area contributed by atoms with Gasteiger partial charge in [-0.3, -0.25) is 4.79 Å². The van der Waals surface area contributed by atoms with Gasteiger partial charge in [0.25, 0.3) is 5.91 Å². The number of ether oxygens (including phenoxy) is 2. The molecule has 8 heteroatoms. The minimum Gasteiger partial charge on any atom is -0.493 e. The Morgan fingerprint density at radius 3 is 2.60 bits per heavy atom. The standard InChI is InChI=1S/C22H19FN2O5/c1-2-29-19-8-7-17(30-13-14-4-3-5-16(23)10-14)11-18(19)21(26)25-20-9-6-15(12-24-20)22(27)28/h3-12H,2,13H2,1H3,(H,27,28)(H,24,25,26). The highest BCUT2D eigenvalue weighted by Crippen LogP contribution is 2.26. The summed E-state index contributed by atoms with van der Waals surface area (Å²) in [6, 6.07) is 13.6. The maximum Gasteiger partial charge on any atom is 0.337 e. The van der Waals surface area contributed by atoms with Gasteiger partial charge in [0, 0.05) is 6.20 Å². The molecular formula is C22H19FN2O5. The molecule has 0 aliphatic rings. The van der Waals surface area contributed by atoms with Crippen molar-refractivity contribution >= 4 is 17.7 Å². The van der Waals surface area contributed by atoms with Crippen LogP contribution in [0, 0.1) is 5.82 Å². The zero-order valence-electron chi connectivity index (χ0n) is 16.1. The fourth-order valence-electron chi connectivity index (χ4n) is 2.63. The number of aromatic carboxylic acids is 1. The van der Waals surface area contributed by atoms with Crippen molar-refractivity contribution in [3.8, 4) is 11.5 Å². The van der Waals surface area contributed by atoms with Crippen LogP contribution in [0.4, 0.5) is 10.2 Å². The first kappa shape index (κ1) is 20.8. The Morgan fingerprint density at radius 2 is 1.93 bits per heavy atom.